The van der Waals surface area contributed by atoms with E-state index in [1.165, 1.54) is 11.3 Å². The number of aliphatic hydroxyl groups is 2. The lowest BCUT2D eigenvalue weighted by Gasteiger charge is -2.23. The lowest BCUT2D eigenvalue weighted by Crippen LogP contribution is -2.28. The Morgan fingerprint density at radius 3 is 2.50 bits per heavy atom. The van der Waals surface area contributed by atoms with Crippen molar-refractivity contribution < 1.29 is 10.2 Å². The van der Waals surface area contributed by atoms with E-state index in [1.54, 1.807) is 25.3 Å². The molecule has 0 aliphatic heterocycles. The van der Waals surface area contributed by atoms with E-state index in [1.807, 2.05) is 0 Å². The van der Waals surface area contributed by atoms with E-state index in [-0.39, 0.29) is 0 Å². The van der Waals surface area contributed by atoms with Gasteiger partial charge in [0.1, 0.15) is 6.10 Å². The molecule has 1 aromatic rings. The monoisotopic (exact) mass is 206 g/mol. The van der Waals surface area contributed by atoms with Crippen molar-refractivity contribution in [3.8, 4) is 0 Å². The molecule has 1 unspecified atom stereocenters. The van der Waals surface area contributed by atoms with Crippen LogP contribution in [-0.4, -0.2) is 15.8 Å². The number of rotatable bonds is 2. The fraction of sp³-hybridized carbons (Fsp3) is 0.500. The van der Waals surface area contributed by atoms with Crippen LogP contribution < -0.4 is 0 Å². The van der Waals surface area contributed by atoms with Gasteiger partial charge in [-0.15, -0.1) is 11.3 Å². The second kappa shape index (κ2) is 3.34. The number of aliphatic hydroxyl groups excluding tert-OH is 1. The molecule has 0 radical (unpaired) electrons. The molecule has 0 amide bonds. The number of hydrogen-bond donors (Lipinski definition) is 2. The summed E-state index contributed by atoms with van der Waals surface area (Å²) in [6, 6.07) is 1.72. The maximum atomic E-state index is 9.60. The minimum absolute atomic E-state index is 0.532. The molecule has 0 fully saturated rings. The van der Waals surface area contributed by atoms with Gasteiger partial charge in [-0.05, 0) is 25.3 Å². The summed E-state index contributed by atoms with van der Waals surface area (Å²) in [5.41, 5.74) is -0.556. The van der Waals surface area contributed by atoms with Gasteiger partial charge in [0.25, 0.3) is 0 Å². The highest BCUT2D eigenvalue weighted by Gasteiger charge is 2.28. The van der Waals surface area contributed by atoms with Crippen molar-refractivity contribution >= 4 is 22.9 Å². The quantitative estimate of drug-likeness (QED) is 0.779. The van der Waals surface area contributed by atoms with Gasteiger partial charge < -0.3 is 10.2 Å². The Morgan fingerprint density at radius 1 is 1.58 bits per heavy atom. The van der Waals surface area contributed by atoms with Crippen LogP contribution in [0.1, 0.15) is 25.5 Å². The molecule has 12 heavy (non-hydrogen) atoms. The Kier molecular flexibility index (Phi) is 2.78. The second-order valence-electron chi connectivity index (χ2n) is 3.21. The molecule has 4 heteroatoms. The van der Waals surface area contributed by atoms with Gasteiger partial charge in [0.2, 0.25) is 0 Å². The van der Waals surface area contributed by atoms with Crippen molar-refractivity contribution in [2.45, 2.75) is 25.6 Å². The van der Waals surface area contributed by atoms with E-state index < -0.39 is 11.7 Å². The van der Waals surface area contributed by atoms with E-state index >= 15 is 0 Å². The third-order valence-electron chi connectivity index (χ3n) is 1.61. The zero-order chi connectivity index (χ0) is 9.35. The van der Waals surface area contributed by atoms with E-state index in [0.29, 0.717) is 9.90 Å². The largest absolute Gasteiger partial charge is 0.387 e. The first-order valence-corrected chi connectivity index (χ1v) is 4.82. The molecule has 1 atom stereocenters. The van der Waals surface area contributed by atoms with E-state index in [9.17, 15) is 10.2 Å². The van der Waals surface area contributed by atoms with Crippen LogP contribution in [0.15, 0.2) is 11.4 Å². The SMILES string of the molecule is CC(C)(O)C(O)c1ccsc1Cl. The predicted molar refractivity (Wildman–Crippen MR) is 50.6 cm³/mol. The lowest BCUT2D eigenvalue weighted by atomic mass is 9.97. The van der Waals surface area contributed by atoms with Crippen molar-refractivity contribution in [3.63, 3.8) is 0 Å². The molecule has 0 saturated heterocycles. The molecule has 0 aliphatic rings. The standard InChI is InChI=1S/C8H11ClO2S/c1-8(2,11)6(10)5-3-4-12-7(5)9/h3-4,6,10-11H,1-2H3. The highest BCUT2D eigenvalue weighted by atomic mass is 35.5. The predicted octanol–water partition coefficient (Wildman–Crippen LogP) is 2.21. The average Bonchev–Trinajstić information content (AvgIpc) is 2.31. The summed E-state index contributed by atoms with van der Waals surface area (Å²) in [5, 5.41) is 20.9. The maximum absolute atomic E-state index is 9.60. The second-order valence-corrected chi connectivity index (χ2v) is 4.72. The van der Waals surface area contributed by atoms with Gasteiger partial charge in [0, 0.05) is 5.56 Å². The molecule has 0 aromatic carbocycles. The zero-order valence-electron chi connectivity index (χ0n) is 6.91. The summed E-state index contributed by atoms with van der Waals surface area (Å²) < 4.78 is 0.532. The van der Waals surface area contributed by atoms with Crippen LogP contribution in [0, 0.1) is 0 Å². The van der Waals surface area contributed by atoms with Crippen LogP contribution in [0.5, 0.6) is 0 Å². The molecule has 68 valence electrons. The lowest BCUT2D eigenvalue weighted by molar-refractivity contribution is -0.0494. The van der Waals surface area contributed by atoms with Gasteiger partial charge in [-0.1, -0.05) is 11.6 Å². The Bertz CT molecular complexity index is 264. The summed E-state index contributed by atoms with van der Waals surface area (Å²) >= 11 is 7.13. The molecule has 0 aliphatic carbocycles. The topological polar surface area (TPSA) is 40.5 Å². The molecule has 0 spiro atoms. The van der Waals surface area contributed by atoms with Crippen LogP contribution in [0.2, 0.25) is 4.34 Å². The van der Waals surface area contributed by atoms with Crippen molar-refractivity contribution in [2.75, 3.05) is 0 Å². The summed E-state index contributed by atoms with van der Waals surface area (Å²) in [6.45, 7) is 3.09. The zero-order valence-corrected chi connectivity index (χ0v) is 8.49. The Balaban J connectivity index is 2.92. The van der Waals surface area contributed by atoms with Crippen LogP contribution in [0.4, 0.5) is 0 Å². The van der Waals surface area contributed by atoms with Crippen LogP contribution >= 0.6 is 22.9 Å². The molecular weight excluding hydrogens is 196 g/mol. The molecule has 0 saturated carbocycles. The van der Waals surface area contributed by atoms with Crippen LogP contribution in [0.25, 0.3) is 0 Å². The highest BCUT2D eigenvalue weighted by Crippen LogP contribution is 2.33. The fourth-order valence-corrected chi connectivity index (χ4v) is 1.85. The van der Waals surface area contributed by atoms with Crippen molar-refractivity contribution in [1.82, 2.24) is 0 Å². The van der Waals surface area contributed by atoms with E-state index in [4.69, 9.17) is 11.6 Å². The minimum atomic E-state index is -1.15. The van der Waals surface area contributed by atoms with Gasteiger partial charge in [-0.3, -0.25) is 0 Å². The normalized spacial score (nSPS) is 14.8. The minimum Gasteiger partial charge on any atom is -0.387 e. The highest BCUT2D eigenvalue weighted by molar-refractivity contribution is 7.14. The average molecular weight is 207 g/mol. The third kappa shape index (κ3) is 1.98. The molecular formula is C8H11ClO2S. The van der Waals surface area contributed by atoms with Crippen LogP contribution in [-0.2, 0) is 0 Å². The molecule has 0 bridgehead atoms. The Hall–Kier alpha value is -0.0900. The van der Waals surface area contributed by atoms with Crippen LogP contribution in [0.3, 0.4) is 0 Å². The van der Waals surface area contributed by atoms with Crippen molar-refractivity contribution in [2.24, 2.45) is 0 Å². The summed E-state index contributed by atoms with van der Waals surface area (Å²) in [5.74, 6) is 0. The summed E-state index contributed by atoms with van der Waals surface area (Å²) in [6.07, 6.45) is -0.920. The van der Waals surface area contributed by atoms with Crippen molar-refractivity contribution in [3.05, 3.63) is 21.3 Å². The molecule has 1 rings (SSSR count). The van der Waals surface area contributed by atoms with Crippen molar-refractivity contribution in [1.29, 1.82) is 0 Å². The third-order valence-corrected chi connectivity index (χ3v) is 2.81. The Labute approximate surface area is 80.4 Å². The van der Waals surface area contributed by atoms with Gasteiger partial charge in [-0.25, -0.2) is 0 Å². The number of hydrogen-bond acceptors (Lipinski definition) is 3. The first kappa shape index (κ1) is 9.99. The summed E-state index contributed by atoms with van der Waals surface area (Å²) in [4.78, 5) is 0. The van der Waals surface area contributed by atoms with Gasteiger partial charge in [0.05, 0.1) is 9.94 Å². The Morgan fingerprint density at radius 2 is 2.17 bits per heavy atom. The van der Waals surface area contributed by atoms with Gasteiger partial charge >= 0.3 is 0 Å². The molecule has 1 heterocycles. The van der Waals surface area contributed by atoms with E-state index in [2.05, 4.69) is 0 Å². The fourth-order valence-electron chi connectivity index (χ4n) is 0.880. The van der Waals surface area contributed by atoms with Gasteiger partial charge in [0.15, 0.2) is 0 Å². The maximum Gasteiger partial charge on any atom is 0.109 e. The number of halogens is 1. The molecule has 1 aromatic heterocycles. The van der Waals surface area contributed by atoms with E-state index in [0.717, 1.165) is 0 Å². The van der Waals surface area contributed by atoms with Gasteiger partial charge in [-0.2, -0.15) is 0 Å². The molecule has 2 nitrogen and oxygen atoms in total. The summed E-state index contributed by atoms with van der Waals surface area (Å²) in [7, 11) is 0. The first-order valence-electron chi connectivity index (χ1n) is 3.56. The molecule has 2 N–H and O–H groups in total. The number of thiophene rings is 1. The first-order chi connectivity index (χ1) is 5.43. The smallest absolute Gasteiger partial charge is 0.109 e.